The smallest absolute Gasteiger partial charge is 0.411 e. The number of amides is 2. The highest BCUT2D eigenvalue weighted by Gasteiger charge is 2.35. The quantitative estimate of drug-likeness (QED) is 0.622. The van der Waals surface area contributed by atoms with Gasteiger partial charge in [-0.15, -0.1) is 0 Å². The van der Waals surface area contributed by atoms with Crippen LogP contribution in [0.25, 0.3) is 11.1 Å². The zero-order valence-corrected chi connectivity index (χ0v) is 19.0. The van der Waals surface area contributed by atoms with Gasteiger partial charge in [-0.1, -0.05) is 24.3 Å². The fraction of sp³-hybridized carbons (Fsp3) is 0.320. The van der Waals surface area contributed by atoms with Crippen molar-refractivity contribution in [2.75, 3.05) is 36.7 Å². The molecule has 9 heteroatoms. The number of carbonyl (C=O) groups is 2. The van der Waals surface area contributed by atoms with Gasteiger partial charge in [0, 0.05) is 23.9 Å². The second-order valence-electron chi connectivity index (χ2n) is 8.60. The highest BCUT2D eigenvalue weighted by atomic mass is 16.5. The minimum absolute atomic E-state index is 0.117. The normalized spacial score (nSPS) is 17.8. The van der Waals surface area contributed by atoms with Crippen LogP contribution < -0.4 is 14.5 Å². The number of rotatable bonds is 5. The van der Waals surface area contributed by atoms with E-state index in [9.17, 15) is 14.7 Å². The average Bonchev–Trinajstić information content (AvgIpc) is 3.26. The second kappa shape index (κ2) is 8.83. The van der Waals surface area contributed by atoms with Crippen LogP contribution in [-0.2, 0) is 16.0 Å². The Morgan fingerprint density at radius 2 is 1.94 bits per heavy atom. The Morgan fingerprint density at radius 3 is 2.65 bits per heavy atom. The third kappa shape index (κ3) is 3.88. The summed E-state index contributed by atoms with van der Waals surface area (Å²) in [6, 6.07) is 12.9. The number of nitrogens with zero attached hydrogens (tertiary/aromatic N) is 4. The van der Waals surface area contributed by atoms with Crippen molar-refractivity contribution in [1.29, 1.82) is 0 Å². The zero-order chi connectivity index (χ0) is 23.8. The van der Waals surface area contributed by atoms with Gasteiger partial charge in [0.25, 0.3) is 0 Å². The Kier molecular flexibility index (Phi) is 5.70. The molecule has 1 atom stereocenters. The molecule has 2 amide bonds. The Balaban J connectivity index is 1.49. The first kappa shape index (κ1) is 22.0. The molecule has 0 unspecified atom stereocenters. The molecule has 0 radical (unpaired) electrons. The lowest BCUT2D eigenvalue weighted by atomic mass is 10.0. The van der Waals surface area contributed by atoms with Crippen molar-refractivity contribution in [2.45, 2.75) is 25.4 Å². The van der Waals surface area contributed by atoms with E-state index in [4.69, 9.17) is 9.47 Å². The van der Waals surface area contributed by atoms with Crippen LogP contribution in [0.2, 0.25) is 0 Å². The molecule has 9 nitrogen and oxygen atoms in total. The molecule has 1 N–H and O–H groups in total. The lowest BCUT2D eigenvalue weighted by Crippen LogP contribution is -2.52. The monoisotopic (exact) mass is 462 g/mol. The molecular weight excluding hydrogens is 436 g/mol. The van der Waals surface area contributed by atoms with Crippen LogP contribution in [0.3, 0.4) is 0 Å². The SMILES string of the molecule is COc1ccccc1CC(=O)N1c2ccc(-c3cnn(C4COC4)c3)cc2N(C(=O)O)C[C@@H]1C. The van der Waals surface area contributed by atoms with Crippen LogP contribution in [0, 0.1) is 0 Å². The highest BCUT2D eigenvalue weighted by Crippen LogP contribution is 2.39. The standard InChI is InChI=1S/C25H26N4O5/c1-16-12-27(25(31)32)22-9-17(19-11-26-28(13-19)20-14-34-15-20)7-8-21(22)29(16)24(30)10-18-5-3-4-6-23(18)33-2/h3-9,11,13,16,20H,10,12,14-15H2,1-2H3,(H,31,32)/t16-/m0/s1. The van der Waals surface area contributed by atoms with E-state index < -0.39 is 6.09 Å². The number of benzene rings is 2. The molecule has 0 spiro atoms. The predicted molar refractivity (Wildman–Crippen MR) is 127 cm³/mol. The van der Waals surface area contributed by atoms with Crippen LogP contribution in [-0.4, -0.2) is 59.8 Å². The summed E-state index contributed by atoms with van der Waals surface area (Å²) in [6.45, 7) is 3.32. The molecule has 34 heavy (non-hydrogen) atoms. The second-order valence-corrected chi connectivity index (χ2v) is 8.60. The van der Waals surface area contributed by atoms with Crippen LogP contribution in [0.4, 0.5) is 16.2 Å². The van der Waals surface area contributed by atoms with E-state index in [0.717, 1.165) is 16.7 Å². The lowest BCUT2D eigenvalue weighted by Gasteiger charge is -2.40. The summed E-state index contributed by atoms with van der Waals surface area (Å²) in [6.07, 6.45) is 2.81. The summed E-state index contributed by atoms with van der Waals surface area (Å²) in [7, 11) is 1.58. The number of para-hydroxylation sites is 1. The van der Waals surface area contributed by atoms with E-state index in [1.807, 2.05) is 60.3 Å². The van der Waals surface area contributed by atoms with Crippen molar-refractivity contribution in [3.63, 3.8) is 0 Å². The summed E-state index contributed by atoms with van der Waals surface area (Å²) in [4.78, 5) is 28.5. The number of ether oxygens (including phenoxy) is 2. The first-order valence-corrected chi connectivity index (χ1v) is 11.2. The van der Waals surface area contributed by atoms with E-state index >= 15 is 0 Å². The fourth-order valence-corrected chi connectivity index (χ4v) is 4.53. The lowest BCUT2D eigenvalue weighted by molar-refractivity contribution is -0.118. The van der Waals surface area contributed by atoms with Gasteiger partial charge in [-0.2, -0.15) is 5.10 Å². The maximum atomic E-state index is 13.4. The molecule has 2 aliphatic heterocycles. The predicted octanol–water partition coefficient (Wildman–Crippen LogP) is 3.59. The van der Waals surface area contributed by atoms with Crippen molar-refractivity contribution in [3.05, 3.63) is 60.4 Å². The van der Waals surface area contributed by atoms with Crippen LogP contribution in [0.5, 0.6) is 5.75 Å². The minimum atomic E-state index is -1.05. The molecule has 1 aromatic heterocycles. The van der Waals surface area contributed by atoms with Crippen LogP contribution in [0.15, 0.2) is 54.9 Å². The van der Waals surface area contributed by atoms with E-state index in [2.05, 4.69) is 5.10 Å². The first-order chi connectivity index (χ1) is 16.5. The third-order valence-electron chi connectivity index (χ3n) is 6.38. The maximum Gasteiger partial charge on any atom is 0.411 e. The number of anilines is 2. The van der Waals surface area contributed by atoms with E-state index in [-0.39, 0.29) is 31.0 Å². The molecule has 0 bridgehead atoms. The molecule has 0 saturated carbocycles. The summed E-state index contributed by atoms with van der Waals surface area (Å²) < 4.78 is 12.5. The van der Waals surface area contributed by atoms with Gasteiger partial charge in [0.15, 0.2) is 0 Å². The first-order valence-electron chi connectivity index (χ1n) is 11.2. The van der Waals surface area contributed by atoms with Crippen molar-refractivity contribution in [1.82, 2.24) is 9.78 Å². The van der Waals surface area contributed by atoms with Crippen molar-refractivity contribution in [2.24, 2.45) is 0 Å². The number of hydrogen-bond acceptors (Lipinski definition) is 5. The molecule has 5 rings (SSSR count). The van der Waals surface area contributed by atoms with Gasteiger partial charge < -0.3 is 19.5 Å². The summed E-state index contributed by atoms with van der Waals surface area (Å²) in [5.41, 5.74) is 3.56. The van der Waals surface area contributed by atoms with Crippen molar-refractivity contribution < 1.29 is 24.2 Å². The Bertz CT molecular complexity index is 1240. The van der Waals surface area contributed by atoms with Crippen LogP contribution >= 0.6 is 0 Å². The third-order valence-corrected chi connectivity index (χ3v) is 6.38. The van der Waals surface area contributed by atoms with Gasteiger partial charge in [-0.3, -0.25) is 14.4 Å². The number of aromatic nitrogens is 2. The van der Waals surface area contributed by atoms with Gasteiger partial charge >= 0.3 is 6.09 Å². The van der Waals surface area contributed by atoms with Crippen molar-refractivity contribution in [3.8, 4) is 16.9 Å². The average molecular weight is 463 g/mol. The molecule has 2 aromatic carbocycles. The highest BCUT2D eigenvalue weighted by molar-refractivity contribution is 6.04. The Morgan fingerprint density at radius 1 is 1.15 bits per heavy atom. The number of hydrogen-bond donors (Lipinski definition) is 1. The molecule has 0 aliphatic carbocycles. The Hall–Kier alpha value is -3.85. The number of carbonyl (C=O) groups excluding carboxylic acids is 1. The topological polar surface area (TPSA) is 97.1 Å². The number of carboxylic acid groups (broad SMARTS) is 1. The number of methoxy groups -OCH3 is 1. The molecule has 3 heterocycles. The van der Waals surface area contributed by atoms with Gasteiger partial charge in [0.1, 0.15) is 5.75 Å². The molecule has 1 saturated heterocycles. The molecule has 1 fully saturated rings. The molecule has 3 aromatic rings. The van der Waals surface area contributed by atoms with E-state index in [1.54, 1.807) is 18.2 Å². The van der Waals surface area contributed by atoms with Crippen LogP contribution in [0.1, 0.15) is 18.5 Å². The molecular formula is C25H26N4O5. The largest absolute Gasteiger partial charge is 0.496 e. The maximum absolute atomic E-state index is 13.4. The van der Waals surface area contributed by atoms with E-state index in [1.165, 1.54) is 4.90 Å². The van der Waals surface area contributed by atoms with Gasteiger partial charge in [-0.25, -0.2) is 4.79 Å². The zero-order valence-electron chi connectivity index (χ0n) is 19.0. The summed E-state index contributed by atoms with van der Waals surface area (Å²) >= 11 is 0. The van der Waals surface area contributed by atoms with Gasteiger partial charge in [-0.05, 0) is 30.7 Å². The van der Waals surface area contributed by atoms with E-state index in [0.29, 0.717) is 30.3 Å². The minimum Gasteiger partial charge on any atom is -0.496 e. The summed E-state index contributed by atoms with van der Waals surface area (Å²) in [5.74, 6) is 0.533. The number of fused-ring (bicyclic) bond motifs is 1. The van der Waals surface area contributed by atoms with Crippen molar-refractivity contribution >= 4 is 23.4 Å². The van der Waals surface area contributed by atoms with Gasteiger partial charge in [0.2, 0.25) is 5.91 Å². The Labute approximate surface area is 197 Å². The fourth-order valence-electron chi connectivity index (χ4n) is 4.53. The molecule has 176 valence electrons. The summed E-state index contributed by atoms with van der Waals surface area (Å²) in [5, 5.41) is 14.3. The molecule has 2 aliphatic rings. The van der Waals surface area contributed by atoms with Gasteiger partial charge in [0.05, 0.1) is 56.4 Å².